The zero-order chi connectivity index (χ0) is 27.6. The molecular weight excluding hydrogens is 496 g/mol. The third kappa shape index (κ3) is 9.86. The van der Waals surface area contributed by atoms with Crippen LogP contribution >= 0.6 is 0 Å². The van der Waals surface area contributed by atoms with E-state index in [9.17, 15) is 4.79 Å². The van der Waals surface area contributed by atoms with Crippen molar-refractivity contribution in [1.29, 1.82) is 0 Å². The monoisotopic (exact) mass is 534 g/mol. The molecular formula is C28H38O10. The molecule has 0 fully saturated rings. The zero-order valence-electron chi connectivity index (χ0n) is 22.8. The van der Waals surface area contributed by atoms with Gasteiger partial charge in [-0.15, -0.1) is 0 Å². The maximum absolute atomic E-state index is 13.2. The molecule has 0 aliphatic carbocycles. The number of ether oxygens (including phenoxy) is 9. The van der Waals surface area contributed by atoms with Crippen LogP contribution in [-0.4, -0.2) is 66.5 Å². The van der Waals surface area contributed by atoms with Gasteiger partial charge in [-0.2, -0.15) is 0 Å². The highest BCUT2D eigenvalue weighted by atomic mass is 16.7. The van der Waals surface area contributed by atoms with Gasteiger partial charge in [-0.05, 0) is 64.1 Å². The molecule has 0 aliphatic heterocycles. The minimum Gasteiger partial charge on any atom is -0.492 e. The van der Waals surface area contributed by atoms with Crippen molar-refractivity contribution < 1.29 is 47.4 Å². The Hall–Kier alpha value is -3.31. The Morgan fingerprint density at radius 1 is 0.684 bits per heavy atom. The Morgan fingerprint density at radius 2 is 1.26 bits per heavy atom. The van der Waals surface area contributed by atoms with E-state index in [2.05, 4.69) is 0 Å². The predicted octanol–water partition coefficient (Wildman–Crippen LogP) is 5.08. The fourth-order valence-electron chi connectivity index (χ4n) is 3.08. The Bertz CT molecular complexity index is 1010. The summed E-state index contributed by atoms with van der Waals surface area (Å²) >= 11 is 0. The van der Waals surface area contributed by atoms with E-state index in [0.717, 1.165) is 0 Å². The number of benzene rings is 2. The number of rotatable bonds is 20. The third-order valence-electron chi connectivity index (χ3n) is 4.95. The summed E-state index contributed by atoms with van der Waals surface area (Å²) in [6, 6.07) is 8.42. The molecule has 0 heterocycles. The van der Waals surface area contributed by atoms with E-state index in [4.69, 9.17) is 42.6 Å². The lowest BCUT2D eigenvalue weighted by Gasteiger charge is -2.17. The largest absolute Gasteiger partial charge is 0.492 e. The van der Waals surface area contributed by atoms with Crippen molar-refractivity contribution in [3.8, 4) is 28.7 Å². The van der Waals surface area contributed by atoms with Gasteiger partial charge in [0.05, 0.1) is 12.7 Å². The molecule has 10 heteroatoms. The number of allylic oxidation sites excluding steroid dienone is 1. The van der Waals surface area contributed by atoms with Crippen molar-refractivity contribution in [3.63, 3.8) is 0 Å². The molecule has 0 bridgehead atoms. The van der Waals surface area contributed by atoms with E-state index in [-0.39, 0.29) is 33.0 Å². The molecule has 2 rings (SSSR count). The lowest BCUT2D eigenvalue weighted by atomic mass is 10.1. The van der Waals surface area contributed by atoms with Gasteiger partial charge in [0.15, 0.2) is 44.5 Å². The van der Waals surface area contributed by atoms with E-state index in [0.29, 0.717) is 66.3 Å². The first-order chi connectivity index (χ1) is 18.6. The molecule has 0 aliphatic rings. The quantitative estimate of drug-likeness (QED) is 0.0989. The van der Waals surface area contributed by atoms with Crippen LogP contribution in [0.4, 0.5) is 0 Å². The van der Waals surface area contributed by atoms with Crippen LogP contribution in [0.2, 0.25) is 0 Å². The van der Waals surface area contributed by atoms with Crippen molar-refractivity contribution in [2.75, 3.05) is 60.7 Å². The van der Waals surface area contributed by atoms with Crippen molar-refractivity contribution >= 4 is 11.9 Å². The van der Waals surface area contributed by atoms with Gasteiger partial charge in [-0.1, -0.05) is 0 Å². The second-order valence-corrected chi connectivity index (χ2v) is 7.39. The second-order valence-electron chi connectivity index (χ2n) is 7.39. The van der Waals surface area contributed by atoms with Crippen molar-refractivity contribution in [1.82, 2.24) is 0 Å². The minimum atomic E-state index is -0.289. The molecule has 2 aromatic rings. The van der Waals surface area contributed by atoms with Gasteiger partial charge < -0.3 is 42.6 Å². The van der Waals surface area contributed by atoms with E-state index in [1.807, 2.05) is 27.7 Å². The van der Waals surface area contributed by atoms with E-state index < -0.39 is 0 Å². The molecule has 2 aromatic carbocycles. The summed E-state index contributed by atoms with van der Waals surface area (Å²) in [6.07, 6.45) is 3.06. The molecule has 0 unspecified atom stereocenters. The number of hydrogen-bond acceptors (Lipinski definition) is 10. The lowest BCUT2D eigenvalue weighted by Crippen LogP contribution is -2.08. The van der Waals surface area contributed by atoms with Gasteiger partial charge in [0, 0.05) is 38.1 Å². The van der Waals surface area contributed by atoms with Crippen molar-refractivity contribution in [2.45, 2.75) is 27.7 Å². The Morgan fingerprint density at radius 3 is 1.87 bits per heavy atom. The van der Waals surface area contributed by atoms with E-state index in [1.165, 1.54) is 13.2 Å². The van der Waals surface area contributed by atoms with Gasteiger partial charge in [0.25, 0.3) is 0 Å². The normalized spacial score (nSPS) is 11.0. The van der Waals surface area contributed by atoms with Gasteiger partial charge in [-0.25, -0.2) is 0 Å². The predicted molar refractivity (Wildman–Crippen MR) is 141 cm³/mol. The van der Waals surface area contributed by atoms with Crippen LogP contribution in [0.3, 0.4) is 0 Å². The molecule has 0 amide bonds. The Labute approximate surface area is 224 Å². The molecule has 0 spiro atoms. The van der Waals surface area contributed by atoms with Crippen LogP contribution in [0.1, 0.15) is 43.6 Å². The highest BCUT2D eigenvalue weighted by Crippen LogP contribution is 2.41. The van der Waals surface area contributed by atoms with E-state index in [1.54, 1.807) is 36.4 Å². The molecule has 0 saturated carbocycles. The van der Waals surface area contributed by atoms with Gasteiger partial charge in [-0.3, -0.25) is 4.79 Å². The third-order valence-corrected chi connectivity index (χ3v) is 4.95. The fourth-order valence-corrected chi connectivity index (χ4v) is 3.08. The standard InChI is InChI=1S/C28H38O10/c1-6-31-17-35-22-12-13-23(26(16-22)37-19-33-8-3)24(29)14-10-21-11-15-25(36-18-32-7-2)28(27(21)30-5)38-20-34-9-4/h10-16H,6-9,17-20H2,1-5H3/b14-10+. The summed E-state index contributed by atoms with van der Waals surface area (Å²) in [7, 11) is 1.51. The minimum absolute atomic E-state index is 0.00218. The summed E-state index contributed by atoms with van der Waals surface area (Å²) in [5.74, 6) is 1.69. The molecule has 0 atom stereocenters. The first-order valence-electron chi connectivity index (χ1n) is 12.5. The maximum atomic E-state index is 13.2. The Kier molecular flexibility index (Phi) is 14.7. The number of methoxy groups -OCH3 is 1. The first-order valence-corrected chi connectivity index (χ1v) is 12.5. The fraction of sp³-hybridized carbons (Fsp3) is 0.464. The average Bonchev–Trinajstić information content (AvgIpc) is 2.93. The van der Waals surface area contributed by atoms with Gasteiger partial charge in [0.2, 0.25) is 5.75 Å². The van der Waals surface area contributed by atoms with Gasteiger partial charge in [0.1, 0.15) is 11.5 Å². The molecule has 0 radical (unpaired) electrons. The maximum Gasteiger partial charge on any atom is 0.206 e. The van der Waals surface area contributed by atoms with Crippen LogP contribution < -0.4 is 23.7 Å². The topological polar surface area (TPSA) is 100 Å². The van der Waals surface area contributed by atoms with Crippen LogP contribution in [0.5, 0.6) is 28.7 Å². The van der Waals surface area contributed by atoms with Crippen LogP contribution in [-0.2, 0) is 18.9 Å². The zero-order valence-corrected chi connectivity index (χ0v) is 22.8. The number of carbonyl (C=O) groups is 1. The van der Waals surface area contributed by atoms with Crippen molar-refractivity contribution in [3.05, 3.63) is 47.5 Å². The molecule has 0 aromatic heterocycles. The Balaban J connectivity index is 2.32. The summed E-state index contributed by atoms with van der Waals surface area (Å²) in [5.41, 5.74) is 0.942. The average molecular weight is 535 g/mol. The summed E-state index contributed by atoms with van der Waals surface area (Å²) in [4.78, 5) is 13.2. The molecule has 210 valence electrons. The van der Waals surface area contributed by atoms with Gasteiger partial charge >= 0.3 is 0 Å². The number of ketones is 1. The SMILES string of the molecule is CCOCOc1ccc(C(=O)/C=C/c2ccc(OCOCC)c(OCOCC)c2OC)c(OCOCC)c1. The molecule has 10 nitrogen and oxygen atoms in total. The molecule has 0 saturated heterocycles. The summed E-state index contributed by atoms with van der Waals surface area (Å²) in [6.45, 7) is 9.58. The number of hydrogen-bond donors (Lipinski definition) is 0. The first kappa shape index (κ1) is 30.9. The smallest absolute Gasteiger partial charge is 0.206 e. The highest BCUT2D eigenvalue weighted by molar-refractivity contribution is 6.09. The van der Waals surface area contributed by atoms with Crippen molar-refractivity contribution in [2.24, 2.45) is 0 Å². The lowest BCUT2D eigenvalue weighted by molar-refractivity contribution is 0.00489. The van der Waals surface area contributed by atoms with Crippen LogP contribution in [0, 0.1) is 0 Å². The van der Waals surface area contributed by atoms with E-state index >= 15 is 0 Å². The summed E-state index contributed by atoms with van der Waals surface area (Å²) in [5, 5.41) is 0. The second kappa shape index (κ2) is 18.0. The van der Waals surface area contributed by atoms with Crippen LogP contribution in [0.15, 0.2) is 36.4 Å². The molecule has 0 N–H and O–H groups in total. The summed E-state index contributed by atoms with van der Waals surface area (Å²) < 4.78 is 49.5. The van der Waals surface area contributed by atoms with Crippen LogP contribution in [0.25, 0.3) is 6.08 Å². The molecule has 38 heavy (non-hydrogen) atoms. The number of carbonyl (C=O) groups excluding carboxylic acids is 1. The highest BCUT2D eigenvalue weighted by Gasteiger charge is 2.18.